The zero-order valence-corrected chi connectivity index (χ0v) is 17.2. The van der Waals surface area contributed by atoms with E-state index in [4.69, 9.17) is 4.84 Å². The number of amides is 1. The van der Waals surface area contributed by atoms with Crippen molar-refractivity contribution in [2.75, 3.05) is 20.2 Å². The van der Waals surface area contributed by atoms with Crippen molar-refractivity contribution in [1.82, 2.24) is 25.3 Å². The molecule has 0 aliphatic carbocycles. The number of halogens is 1. The molecular weight excluding hydrogens is 401 g/mol. The Kier molecular flexibility index (Phi) is 5.88. The molecule has 4 rings (SSSR count). The number of rotatable bonds is 5. The van der Waals surface area contributed by atoms with Gasteiger partial charge in [-0.25, -0.2) is 4.98 Å². The summed E-state index contributed by atoms with van der Waals surface area (Å²) >= 11 is 0. The zero-order chi connectivity index (χ0) is 22.0. The van der Waals surface area contributed by atoms with Crippen molar-refractivity contribution in [1.29, 1.82) is 0 Å². The molecule has 0 radical (unpaired) electrons. The molecule has 8 nitrogen and oxygen atoms in total. The Labute approximate surface area is 177 Å². The largest absolute Gasteiger partial charge is 0.354 e. The average molecular weight is 423 g/mol. The topological polar surface area (TPSA) is 100 Å². The van der Waals surface area contributed by atoms with E-state index < -0.39 is 11.9 Å². The quantitative estimate of drug-likeness (QED) is 0.611. The lowest BCUT2D eigenvalue weighted by Crippen LogP contribution is -2.29. The van der Waals surface area contributed by atoms with Crippen LogP contribution in [0.2, 0.25) is 0 Å². The van der Waals surface area contributed by atoms with Gasteiger partial charge in [-0.15, -0.1) is 0 Å². The molecule has 1 amide bonds. The van der Waals surface area contributed by atoms with Gasteiger partial charge in [0.15, 0.2) is 0 Å². The van der Waals surface area contributed by atoms with Gasteiger partial charge >= 0.3 is 0 Å². The highest BCUT2D eigenvalue weighted by Gasteiger charge is 2.19. The monoisotopic (exact) mass is 423 g/mol. The maximum absolute atomic E-state index is 14.4. The van der Waals surface area contributed by atoms with E-state index in [9.17, 15) is 14.0 Å². The van der Waals surface area contributed by atoms with Crippen LogP contribution in [0.1, 0.15) is 34.1 Å². The molecule has 0 unspecified atom stereocenters. The lowest BCUT2D eigenvalue weighted by Gasteiger charge is -2.26. The second-order valence-electron chi connectivity index (χ2n) is 7.19. The number of fused-ring (bicyclic) bond motifs is 1. The molecular formula is C22H22FN5O3. The average Bonchev–Trinajstić information content (AvgIpc) is 2.78. The third kappa shape index (κ3) is 4.37. The zero-order valence-electron chi connectivity index (χ0n) is 17.2. The van der Waals surface area contributed by atoms with Gasteiger partial charge in [-0.05, 0) is 41.8 Å². The second kappa shape index (κ2) is 8.75. The number of H-pyrrole nitrogens is 1. The van der Waals surface area contributed by atoms with Crippen molar-refractivity contribution in [3.63, 3.8) is 0 Å². The Hall–Kier alpha value is -3.43. The second-order valence-corrected chi connectivity index (χ2v) is 7.19. The van der Waals surface area contributed by atoms with Crippen LogP contribution in [-0.2, 0) is 17.8 Å². The van der Waals surface area contributed by atoms with Crippen LogP contribution in [0.5, 0.6) is 0 Å². The summed E-state index contributed by atoms with van der Waals surface area (Å²) in [7, 11) is 1.47. The van der Waals surface area contributed by atoms with Gasteiger partial charge in [0, 0.05) is 30.9 Å². The van der Waals surface area contributed by atoms with Gasteiger partial charge in [0.2, 0.25) is 5.95 Å². The minimum Gasteiger partial charge on any atom is -0.354 e. The van der Waals surface area contributed by atoms with Crippen molar-refractivity contribution in [3.8, 4) is 0 Å². The minimum atomic E-state index is -0.710. The number of aryl methyl sites for hydroxylation is 1. The molecule has 0 atom stereocenters. The lowest BCUT2D eigenvalue weighted by atomic mass is 10.1. The molecule has 1 aliphatic heterocycles. The maximum atomic E-state index is 14.4. The summed E-state index contributed by atoms with van der Waals surface area (Å²) < 4.78 is 14.4. The van der Waals surface area contributed by atoms with Crippen molar-refractivity contribution in [2.45, 2.75) is 19.9 Å². The Morgan fingerprint density at radius 3 is 2.87 bits per heavy atom. The standard InChI is InChI=1S/C22H22FN5O3/c1-3-14-9-18-19(27-21(14)29)8-13(10-25-18)11-28-7-6-15(12-31-28)16-4-5-17(22(30)24-2)26-20(16)23/h4-6,8-10H,3,7,11-12H2,1-2H3,(H,24,30)(H,27,29). The van der Waals surface area contributed by atoms with Crippen LogP contribution < -0.4 is 10.9 Å². The number of aromatic nitrogens is 3. The van der Waals surface area contributed by atoms with Crippen LogP contribution in [0.3, 0.4) is 0 Å². The van der Waals surface area contributed by atoms with Crippen molar-refractivity contribution >= 4 is 22.5 Å². The summed E-state index contributed by atoms with van der Waals surface area (Å²) in [6.45, 7) is 3.00. The van der Waals surface area contributed by atoms with E-state index >= 15 is 0 Å². The first kappa shape index (κ1) is 20.8. The van der Waals surface area contributed by atoms with Crippen LogP contribution in [-0.4, -0.2) is 46.1 Å². The molecule has 0 spiro atoms. The highest BCUT2D eigenvalue weighted by atomic mass is 19.1. The van der Waals surface area contributed by atoms with E-state index in [0.29, 0.717) is 41.7 Å². The Morgan fingerprint density at radius 2 is 2.19 bits per heavy atom. The van der Waals surface area contributed by atoms with Crippen molar-refractivity contribution in [2.24, 2.45) is 0 Å². The van der Waals surface area contributed by atoms with E-state index in [-0.39, 0.29) is 17.9 Å². The van der Waals surface area contributed by atoms with Gasteiger partial charge in [0.05, 0.1) is 24.2 Å². The molecule has 2 N–H and O–H groups in total. The molecule has 3 aromatic rings. The summed E-state index contributed by atoms with van der Waals surface area (Å²) in [4.78, 5) is 40.5. The van der Waals surface area contributed by atoms with Crippen molar-refractivity contribution < 1.29 is 14.0 Å². The van der Waals surface area contributed by atoms with E-state index in [0.717, 1.165) is 11.1 Å². The summed E-state index contributed by atoms with van der Waals surface area (Å²) in [6, 6.07) is 6.71. The Bertz CT molecular complexity index is 1240. The van der Waals surface area contributed by atoms with Crippen molar-refractivity contribution in [3.05, 3.63) is 75.2 Å². The number of carbonyl (C=O) groups is 1. The molecule has 0 saturated carbocycles. The van der Waals surface area contributed by atoms with Crippen LogP contribution in [0.4, 0.5) is 4.39 Å². The fourth-order valence-corrected chi connectivity index (χ4v) is 3.43. The van der Waals surface area contributed by atoms with Crippen LogP contribution >= 0.6 is 0 Å². The first-order valence-electron chi connectivity index (χ1n) is 9.95. The van der Waals surface area contributed by atoms with Gasteiger partial charge in [0.25, 0.3) is 11.5 Å². The molecule has 0 bridgehead atoms. The highest BCUT2D eigenvalue weighted by Crippen LogP contribution is 2.23. The number of nitrogens with zero attached hydrogens (tertiary/aromatic N) is 3. The predicted molar refractivity (Wildman–Crippen MR) is 114 cm³/mol. The number of hydrogen-bond acceptors (Lipinski definition) is 6. The lowest BCUT2D eigenvalue weighted by molar-refractivity contribution is -0.150. The number of hydrogen-bond donors (Lipinski definition) is 2. The number of aromatic amines is 1. The summed E-state index contributed by atoms with van der Waals surface area (Å²) in [5.74, 6) is -1.15. The minimum absolute atomic E-state index is 0.0237. The molecule has 0 saturated heterocycles. The fourth-order valence-electron chi connectivity index (χ4n) is 3.43. The first-order valence-corrected chi connectivity index (χ1v) is 9.95. The van der Waals surface area contributed by atoms with Crippen LogP contribution in [0.25, 0.3) is 16.6 Å². The van der Waals surface area contributed by atoms with Crippen LogP contribution in [0.15, 0.2) is 41.3 Å². The molecule has 0 aromatic carbocycles. The summed E-state index contributed by atoms with van der Waals surface area (Å²) in [5, 5.41) is 4.15. The molecule has 0 fully saturated rings. The third-order valence-corrected chi connectivity index (χ3v) is 5.16. The number of pyridine rings is 3. The summed E-state index contributed by atoms with van der Waals surface area (Å²) in [5.41, 5.74) is 3.90. The predicted octanol–water partition coefficient (Wildman–Crippen LogP) is 2.21. The van der Waals surface area contributed by atoms with E-state index in [2.05, 4.69) is 20.3 Å². The third-order valence-electron chi connectivity index (χ3n) is 5.16. The Morgan fingerprint density at radius 1 is 1.35 bits per heavy atom. The molecule has 3 aromatic heterocycles. The van der Waals surface area contributed by atoms with Gasteiger partial charge in [-0.3, -0.25) is 19.4 Å². The van der Waals surface area contributed by atoms with Crippen LogP contribution in [0, 0.1) is 5.95 Å². The number of hydroxylamine groups is 2. The van der Waals surface area contributed by atoms with Gasteiger partial charge in [-0.1, -0.05) is 13.0 Å². The molecule has 4 heterocycles. The normalized spacial score (nSPS) is 14.5. The van der Waals surface area contributed by atoms with Gasteiger partial charge < -0.3 is 10.3 Å². The fraction of sp³-hybridized carbons (Fsp3) is 0.273. The van der Waals surface area contributed by atoms with Gasteiger partial charge in [0.1, 0.15) is 5.69 Å². The smallest absolute Gasteiger partial charge is 0.269 e. The Balaban J connectivity index is 1.47. The number of carbonyl (C=O) groups excluding carboxylic acids is 1. The number of nitrogens with one attached hydrogen (secondary N) is 2. The first-order chi connectivity index (χ1) is 15.0. The molecule has 31 heavy (non-hydrogen) atoms. The van der Waals surface area contributed by atoms with E-state index in [1.165, 1.54) is 19.2 Å². The molecule has 1 aliphatic rings. The highest BCUT2D eigenvalue weighted by molar-refractivity contribution is 5.92. The summed E-state index contributed by atoms with van der Waals surface area (Å²) in [6.07, 6.45) is 4.27. The van der Waals surface area contributed by atoms with E-state index in [1.54, 1.807) is 11.3 Å². The SMILES string of the molecule is CCc1cc2ncc(CN3CC=C(c4ccc(C(=O)NC)nc4F)CO3)cc2[nH]c1=O. The van der Waals surface area contributed by atoms with Gasteiger partial charge in [-0.2, -0.15) is 9.45 Å². The molecule has 9 heteroatoms. The molecule has 160 valence electrons. The van der Waals surface area contributed by atoms with E-state index in [1.807, 2.05) is 25.1 Å². The maximum Gasteiger partial charge on any atom is 0.269 e.